The van der Waals surface area contributed by atoms with E-state index >= 15 is 0 Å². The van der Waals surface area contributed by atoms with Gasteiger partial charge in [0.15, 0.2) is 0 Å². The van der Waals surface area contributed by atoms with Crippen molar-refractivity contribution in [2.45, 2.75) is 387 Å². The molecule has 89 heavy (non-hydrogen) atoms. The maximum atomic E-state index is 10.2. The SMILES string of the molecule is CCCCCCCCC=CCCCCCCCCO[PH](=O)[O-].CCCCCCCCC=CCCCCCCCCO[PH](=O)[O-].CCCCCCCCC=CCCCCCCCCO[PH](=O)[O-].CCCCCCCCC=CCCCCCCCCO[PH](=O)[O-].[Mo+4]. The molecule has 0 bridgehead atoms. The largest absolute Gasteiger partial charge is 4.00 e. The van der Waals surface area contributed by atoms with Crippen molar-refractivity contribution in [2.75, 3.05) is 26.4 Å². The summed E-state index contributed by atoms with van der Waals surface area (Å²) in [7, 11) is -11.8. The molecule has 0 amide bonds. The van der Waals surface area contributed by atoms with Crippen molar-refractivity contribution in [3.8, 4) is 0 Å². The van der Waals surface area contributed by atoms with Gasteiger partial charge in [-0.2, -0.15) is 0 Å². The molecule has 0 aliphatic heterocycles. The van der Waals surface area contributed by atoms with Crippen LogP contribution in [0.2, 0.25) is 0 Å². The quantitative estimate of drug-likeness (QED) is 0.0242. The zero-order valence-corrected chi connectivity index (χ0v) is 64.4. The molecule has 0 aromatic rings. The second kappa shape index (κ2) is 94.6. The van der Waals surface area contributed by atoms with Crippen LogP contribution in [-0.2, 0) is 57.4 Å². The average Bonchev–Trinajstić information content (AvgIpc) is 3.50. The van der Waals surface area contributed by atoms with Gasteiger partial charge in [0.25, 0.3) is 0 Å². The Hall–Kier alpha value is 0.248. The van der Waals surface area contributed by atoms with Gasteiger partial charge in [-0.05, 0) is 128 Å². The van der Waals surface area contributed by atoms with Crippen molar-refractivity contribution in [1.82, 2.24) is 0 Å². The molecule has 0 aromatic heterocycles. The fourth-order valence-electron chi connectivity index (χ4n) is 10.0. The first kappa shape index (κ1) is 97.9. The molecule has 4 atom stereocenters. The zero-order chi connectivity index (χ0) is 65.2. The molecule has 0 rings (SSSR count). The van der Waals surface area contributed by atoms with Crippen molar-refractivity contribution in [1.29, 1.82) is 0 Å². The van der Waals surface area contributed by atoms with E-state index < -0.39 is 33.0 Å². The van der Waals surface area contributed by atoms with E-state index in [1.54, 1.807) is 0 Å². The van der Waals surface area contributed by atoms with Crippen molar-refractivity contribution >= 4 is 33.0 Å². The van der Waals surface area contributed by atoms with Gasteiger partial charge in [-0.25, -0.2) is 0 Å². The zero-order valence-electron chi connectivity index (χ0n) is 58.4. The molecule has 0 radical (unpaired) electrons. The molecule has 0 aliphatic carbocycles. The van der Waals surface area contributed by atoms with Crippen LogP contribution in [0.5, 0.6) is 0 Å². The second-order valence-electron chi connectivity index (χ2n) is 24.1. The van der Waals surface area contributed by atoms with Crippen LogP contribution in [0.25, 0.3) is 0 Å². The Morgan fingerprint density at radius 1 is 0.202 bits per heavy atom. The van der Waals surface area contributed by atoms with E-state index in [0.717, 1.165) is 51.4 Å². The van der Waals surface area contributed by atoms with E-state index in [2.05, 4.69) is 94.4 Å². The number of hydrogen-bond donors (Lipinski definition) is 0. The van der Waals surface area contributed by atoms with Crippen LogP contribution < -0.4 is 19.6 Å². The normalized spacial score (nSPS) is 12.9. The molecule has 0 N–H and O–H groups in total. The number of hydrogen-bond acceptors (Lipinski definition) is 12. The molecule has 12 nitrogen and oxygen atoms in total. The van der Waals surface area contributed by atoms with Crippen molar-refractivity contribution < 1.29 is 77.0 Å². The minimum atomic E-state index is -2.96. The topological polar surface area (TPSA) is 197 Å². The number of rotatable bonds is 68. The standard InChI is InChI=1S/4C18H37O3P.Mo/c4*1-2-3-4-5-6-7-8-9-10-11-12-13-14-15-16-17-18-21-22(19)20;/h4*9-10,22H,2-8,11-18H2,1H3,(H,19,20);/q;;;;+4/p-4. The fourth-order valence-corrected chi connectivity index (χ4v) is 11.3. The van der Waals surface area contributed by atoms with E-state index in [-0.39, 0.29) is 21.1 Å². The Labute approximate surface area is 568 Å². The van der Waals surface area contributed by atoms with Crippen LogP contribution in [0.4, 0.5) is 0 Å². The van der Waals surface area contributed by atoms with Crippen molar-refractivity contribution in [2.24, 2.45) is 0 Å². The number of unbranched alkanes of at least 4 members (excludes halogenated alkanes) is 48. The van der Waals surface area contributed by atoms with Gasteiger partial charge in [-0.1, -0.05) is 307 Å². The third-order valence-corrected chi connectivity index (χ3v) is 17.3. The Morgan fingerprint density at radius 3 is 0.438 bits per heavy atom. The molecule has 530 valence electrons. The average molecular weight is 1420 g/mol. The molecular formula is C72H144MoO12P4. The Morgan fingerprint density at radius 2 is 0.315 bits per heavy atom. The van der Waals surface area contributed by atoms with Gasteiger partial charge in [-0.3, -0.25) is 0 Å². The molecule has 0 aromatic carbocycles. The van der Waals surface area contributed by atoms with Crippen LogP contribution in [0.15, 0.2) is 48.6 Å². The van der Waals surface area contributed by atoms with Crippen LogP contribution in [0.3, 0.4) is 0 Å². The minimum Gasteiger partial charge on any atom is -0.781 e. The van der Waals surface area contributed by atoms with Gasteiger partial charge in [0.2, 0.25) is 0 Å². The van der Waals surface area contributed by atoms with Gasteiger partial charge < -0.3 is 55.9 Å². The van der Waals surface area contributed by atoms with Crippen LogP contribution >= 0.6 is 33.0 Å². The summed E-state index contributed by atoms with van der Waals surface area (Å²) in [6, 6.07) is 0. The van der Waals surface area contributed by atoms with E-state index in [0.29, 0.717) is 26.4 Å². The summed E-state index contributed by atoms with van der Waals surface area (Å²) in [4.78, 5) is 40.8. The maximum absolute atomic E-state index is 10.2. The molecule has 0 spiro atoms. The van der Waals surface area contributed by atoms with Gasteiger partial charge in [0, 0.05) is 0 Å². The summed E-state index contributed by atoms with van der Waals surface area (Å²) in [5.74, 6) is 0. The van der Waals surface area contributed by atoms with Gasteiger partial charge in [0.05, 0.1) is 26.4 Å². The molecule has 17 heteroatoms. The minimum absolute atomic E-state index is 0. The predicted octanol–water partition coefficient (Wildman–Crippen LogP) is 23.2. The fraction of sp³-hybridized carbons (Fsp3) is 0.889. The summed E-state index contributed by atoms with van der Waals surface area (Å²) < 4.78 is 59.0. The first-order valence-corrected chi connectivity index (χ1v) is 41.9. The molecule has 0 aliphatic rings. The smallest absolute Gasteiger partial charge is 0.781 e. The summed E-state index contributed by atoms with van der Waals surface area (Å²) in [6.07, 6.45) is 89.2. The third-order valence-electron chi connectivity index (χ3n) is 15.5. The van der Waals surface area contributed by atoms with Crippen molar-refractivity contribution in [3.63, 3.8) is 0 Å². The summed E-state index contributed by atoms with van der Waals surface area (Å²) >= 11 is 0. The second-order valence-corrected chi connectivity index (χ2v) is 27.3. The van der Waals surface area contributed by atoms with Crippen molar-refractivity contribution in [3.05, 3.63) is 48.6 Å². The summed E-state index contributed by atoms with van der Waals surface area (Å²) in [5, 5.41) is 0. The molecule has 0 heterocycles. The van der Waals surface area contributed by atoms with E-state index in [4.69, 9.17) is 0 Å². The summed E-state index contributed by atoms with van der Waals surface area (Å²) in [6.45, 7) is 10.5. The van der Waals surface area contributed by atoms with Crippen LogP contribution in [-0.4, -0.2) is 26.4 Å². The molecular weight excluding hydrogens is 1280 g/mol. The van der Waals surface area contributed by atoms with E-state index in [1.807, 2.05) is 0 Å². The monoisotopic (exact) mass is 1420 g/mol. The summed E-state index contributed by atoms with van der Waals surface area (Å²) in [5.41, 5.74) is 0. The van der Waals surface area contributed by atoms with Gasteiger partial charge in [-0.15, -0.1) is 0 Å². The van der Waals surface area contributed by atoms with E-state index in [9.17, 15) is 37.8 Å². The Kier molecular flexibility index (Phi) is 104. The molecule has 0 fully saturated rings. The Bertz CT molecular complexity index is 1290. The van der Waals surface area contributed by atoms with Crippen LogP contribution in [0, 0.1) is 0 Å². The first-order valence-electron chi connectivity index (χ1n) is 37.0. The van der Waals surface area contributed by atoms with Gasteiger partial charge in [0.1, 0.15) is 33.0 Å². The predicted molar refractivity (Wildman–Crippen MR) is 378 cm³/mol. The van der Waals surface area contributed by atoms with Gasteiger partial charge >= 0.3 is 21.1 Å². The van der Waals surface area contributed by atoms with Crippen LogP contribution in [0.1, 0.15) is 387 Å². The maximum Gasteiger partial charge on any atom is 4.00 e. The third kappa shape index (κ3) is 113. The molecule has 4 unspecified atom stereocenters. The molecule has 0 saturated carbocycles. The first-order chi connectivity index (χ1) is 43.1. The number of allylic oxidation sites excluding steroid dienone is 8. The Balaban J connectivity index is -0.000000351. The van der Waals surface area contributed by atoms with E-state index in [1.165, 1.54) is 308 Å². The molecule has 0 saturated heterocycles.